The molecular formula is C41H87N. The molecule has 1 atom stereocenters. The molecule has 1 unspecified atom stereocenters. The van der Waals surface area contributed by atoms with Crippen LogP contribution >= 0.6 is 0 Å². The molecule has 0 bridgehead atoms. The lowest BCUT2D eigenvalue weighted by Gasteiger charge is -2.20. The third-order valence-electron chi connectivity index (χ3n) is 5.81. The van der Waals surface area contributed by atoms with E-state index in [0.717, 1.165) is 17.6 Å². The van der Waals surface area contributed by atoms with Crippen molar-refractivity contribution in [2.45, 2.75) is 190 Å². The first-order valence-corrected chi connectivity index (χ1v) is 17.1. The van der Waals surface area contributed by atoms with Gasteiger partial charge in [-0.1, -0.05) is 171 Å². The molecule has 0 aromatic carbocycles. The molecule has 0 radical (unpaired) electrons. The Hall–Kier alpha value is -1.63. The molecule has 0 aromatic heterocycles. The first-order chi connectivity index (χ1) is 19.4. The normalized spacial score (nSPS) is 10.1. The molecule has 0 aromatic rings. The lowest BCUT2D eigenvalue weighted by molar-refractivity contribution is 0.319. The molecular weight excluding hydrogens is 506 g/mol. The first-order valence-electron chi connectivity index (χ1n) is 17.1. The molecule has 1 nitrogen and oxygen atoms in total. The molecule has 0 saturated heterocycles. The van der Waals surface area contributed by atoms with E-state index in [1.807, 2.05) is 74.6 Å². The van der Waals surface area contributed by atoms with Gasteiger partial charge in [-0.3, -0.25) is 4.99 Å². The van der Waals surface area contributed by atoms with E-state index in [1.54, 1.807) is 6.08 Å². The van der Waals surface area contributed by atoms with Gasteiger partial charge < -0.3 is 0 Å². The highest BCUT2D eigenvalue weighted by atomic mass is 14.7. The van der Waals surface area contributed by atoms with Crippen molar-refractivity contribution < 1.29 is 0 Å². The van der Waals surface area contributed by atoms with Crippen molar-refractivity contribution in [2.24, 2.45) is 15.8 Å². The Bertz CT molecular complexity index is 614. The van der Waals surface area contributed by atoms with Crippen LogP contribution in [0.25, 0.3) is 0 Å². The Morgan fingerprint density at radius 3 is 1.24 bits per heavy atom. The number of rotatable bonds is 8. The number of hydrogen-bond donors (Lipinski definition) is 0. The Labute approximate surface area is 272 Å². The van der Waals surface area contributed by atoms with Crippen molar-refractivity contribution in [3.63, 3.8) is 0 Å². The molecule has 0 amide bonds. The zero-order chi connectivity index (χ0) is 36.0. The van der Waals surface area contributed by atoms with Crippen LogP contribution in [0.3, 0.4) is 0 Å². The highest BCUT2D eigenvalue weighted by Crippen LogP contribution is 2.25. The molecule has 256 valence electrons. The average Bonchev–Trinajstić information content (AvgIpc) is 2.95. The van der Waals surface area contributed by atoms with E-state index in [-0.39, 0.29) is 0 Å². The summed E-state index contributed by atoms with van der Waals surface area (Å²) in [6.45, 7) is 57.5. The Morgan fingerprint density at radius 2 is 1.10 bits per heavy atom. The molecule has 0 aliphatic rings. The molecule has 0 aliphatic heterocycles. The average molecular weight is 594 g/mol. The smallest absolute Gasteiger partial charge is 0.0464 e. The SMILES string of the molecule is C=C(C)C(=C)/C=C\C(C)=C(C)C.C=CC.CC.CC.CC.CC=NC(C)CC.CCC(C)(C)C.CCCC(C)(C)CC. The van der Waals surface area contributed by atoms with Gasteiger partial charge in [0.15, 0.2) is 0 Å². The summed E-state index contributed by atoms with van der Waals surface area (Å²) in [6.07, 6.45) is 14.1. The minimum Gasteiger partial charge on any atom is -0.295 e. The van der Waals surface area contributed by atoms with Gasteiger partial charge in [-0.25, -0.2) is 0 Å². The van der Waals surface area contributed by atoms with Gasteiger partial charge in [0.25, 0.3) is 0 Å². The van der Waals surface area contributed by atoms with E-state index in [1.165, 1.54) is 36.8 Å². The fraction of sp³-hybridized carbons (Fsp3) is 0.732. The molecule has 0 rings (SSSR count). The highest BCUT2D eigenvalue weighted by Gasteiger charge is 2.11. The van der Waals surface area contributed by atoms with Gasteiger partial charge in [-0.15, -0.1) is 6.58 Å². The van der Waals surface area contributed by atoms with Crippen LogP contribution in [0.1, 0.15) is 184 Å². The van der Waals surface area contributed by atoms with E-state index < -0.39 is 0 Å². The molecule has 0 N–H and O–H groups in total. The molecule has 0 heterocycles. The zero-order valence-electron chi connectivity index (χ0n) is 34.0. The maximum atomic E-state index is 4.12. The number of hydrogen-bond acceptors (Lipinski definition) is 1. The molecule has 0 aliphatic carbocycles. The van der Waals surface area contributed by atoms with Gasteiger partial charge >= 0.3 is 0 Å². The zero-order valence-corrected chi connectivity index (χ0v) is 34.0. The maximum absolute atomic E-state index is 4.12. The van der Waals surface area contributed by atoms with Crippen molar-refractivity contribution in [1.82, 2.24) is 0 Å². The van der Waals surface area contributed by atoms with E-state index in [4.69, 9.17) is 0 Å². The van der Waals surface area contributed by atoms with E-state index in [2.05, 4.69) is 121 Å². The summed E-state index contributed by atoms with van der Waals surface area (Å²) in [4.78, 5) is 4.12. The van der Waals surface area contributed by atoms with Crippen molar-refractivity contribution in [3.05, 3.63) is 60.3 Å². The third-order valence-corrected chi connectivity index (χ3v) is 5.81. The van der Waals surface area contributed by atoms with Gasteiger partial charge in [0.2, 0.25) is 0 Å². The molecule has 0 fully saturated rings. The summed E-state index contributed by atoms with van der Waals surface area (Å²) >= 11 is 0. The topological polar surface area (TPSA) is 12.4 Å². The minimum absolute atomic E-state index is 0.519. The van der Waals surface area contributed by atoms with Crippen LogP contribution in [-0.4, -0.2) is 12.3 Å². The van der Waals surface area contributed by atoms with Crippen molar-refractivity contribution in [3.8, 4) is 0 Å². The Kier molecular flexibility index (Phi) is 65.9. The lowest BCUT2D eigenvalue weighted by Crippen LogP contribution is -2.07. The van der Waals surface area contributed by atoms with E-state index in [9.17, 15) is 0 Å². The van der Waals surface area contributed by atoms with Gasteiger partial charge in [-0.05, 0) is 83.9 Å². The molecule has 42 heavy (non-hydrogen) atoms. The standard InChI is InChI=1S/C12H18.C8H18.C6H13N.C6H14.C3H6.3C2H6/c1-9(2)11(5)7-8-12(6)10(3)4;1-5-7-8(3,4)6-2;1-4-6(3)7-5-2;1-5-6(2,3)4;1-3-2;3*1-2/h7-8H,1,5H2,2-4,6H3;5-7H2,1-4H3;5-6H,4H2,1-3H3;5H2,1-4H3;3H,1H2,2H3;3*1-2H3/b8-7-;;;;;;;. The Balaban J connectivity index is -0.0000000572. The van der Waals surface area contributed by atoms with Crippen molar-refractivity contribution >= 4 is 6.21 Å². The quantitative estimate of drug-likeness (QED) is 0.151. The van der Waals surface area contributed by atoms with Gasteiger partial charge in [0, 0.05) is 6.04 Å². The highest BCUT2D eigenvalue weighted by molar-refractivity contribution is 5.53. The van der Waals surface area contributed by atoms with Crippen molar-refractivity contribution in [2.75, 3.05) is 0 Å². The monoisotopic (exact) mass is 594 g/mol. The number of nitrogens with zero attached hydrogens (tertiary/aromatic N) is 1. The van der Waals surface area contributed by atoms with Crippen LogP contribution in [-0.2, 0) is 0 Å². The second-order valence-corrected chi connectivity index (χ2v) is 11.6. The van der Waals surface area contributed by atoms with Gasteiger partial charge in [-0.2, -0.15) is 0 Å². The molecule has 1 heteroatoms. The van der Waals surface area contributed by atoms with Gasteiger partial charge in [0.05, 0.1) is 0 Å². The molecule has 0 spiro atoms. The number of aliphatic imine (C=N–C) groups is 1. The van der Waals surface area contributed by atoms with Crippen LogP contribution < -0.4 is 0 Å². The second-order valence-electron chi connectivity index (χ2n) is 11.6. The Morgan fingerprint density at radius 1 is 0.738 bits per heavy atom. The lowest BCUT2D eigenvalue weighted by atomic mass is 9.86. The fourth-order valence-corrected chi connectivity index (χ4v) is 1.75. The minimum atomic E-state index is 0.519. The number of allylic oxidation sites excluding steroid dienone is 7. The first kappa shape index (κ1) is 59.7. The summed E-state index contributed by atoms with van der Waals surface area (Å²) in [5, 5.41) is 0. The fourth-order valence-electron chi connectivity index (χ4n) is 1.75. The van der Waals surface area contributed by atoms with Crippen LogP contribution in [0, 0.1) is 10.8 Å². The third kappa shape index (κ3) is 77.1. The van der Waals surface area contributed by atoms with Crippen LogP contribution in [0.5, 0.6) is 0 Å². The van der Waals surface area contributed by atoms with Crippen LogP contribution in [0.15, 0.2) is 65.2 Å². The predicted octanol–water partition coefficient (Wildman–Crippen LogP) is 15.8. The summed E-state index contributed by atoms with van der Waals surface area (Å²) in [6, 6.07) is 0.519. The summed E-state index contributed by atoms with van der Waals surface area (Å²) in [5.41, 5.74) is 5.77. The van der Waals surface area contributed by atoms with Crippen molar-refractivity contribution in [1.29, 1.82) is 0 Å². The van der Waals surface area contributed by atoms with Crippen LogP contribution in [0.4, 0.5) is 0 Å². The second kappa shape index (κ2) is 46.3. The molecule has 0 saturated carbocycles. The largest absolute Gasteiger partial charge is 0.295 e. The van der Waals surface area contributed by atoms with E-state index >= 15 is 0 Å². The summed E-state index contributed by atoms with van der Waals surface area (Å²) in [7, 11) is 0. The summed E-state index contributed by atoms with van der Waals surface area (Å²) in [5.74, 6) is 0. The summed E-state index contributed by atoms with van der Waals surface area (Å²) < 4.78 is 0. The predicted molar refractivity (Wildman–Crippen MR) is 210 cm³/mol. The maximum Gasteiger partial charge on any atom is 0.0464 e. The van der Waals surface area contributed by atoms with Gasteiger partial charge in [0.1, 0.15) is 0 Å². The van der Waals surface area contributed by atoms with E-state index in [0.29, 0.717) is 16.9 Å². The van der Waals surface area contributed by atoms with Crippen LogP contribution in [0.2, 0.25) is 0 Å².